The van der Waals surface area contributed by atoms with Gasteiger partial charge >= 0.3 is 5.97 Å². The van der Waals surface area contributed by atoms with E-state index in [1.807, 2.05) is 0 Å². The molecular formula is C15H19NO2. The Morgan fingerprint density at radius 1 is 1.22 bits per heavy atom. The molecule has 18 heavy (non-hydrogen) atoms. The lowest BCUT2D eigenvalue weighted by Crippen LogP contribution is -2.37. The average Bonchev–Trinajstić information content (AvgIpc) is 2.77. The number of ether oxygens (including phenoxy) is 1. The van der Waals surface area contributed by atoms with Crippen LogP contribution in [0, 0.1) is 13.8 Å². The number of rotatable bonds is 1. The minimum atomic E-state index is -0.0576. The third-order valence-electron chi connectivity index (χ3n) is 4.14. The number of nitrogens with one attached hydrogen (secondary N) is 1. The maximum atomic E-state index is 11.3. The smallest absolute Gasteiger partial charge is 0.306 e. The molecule has 0 saturated carbocycles. The van der Waals surface area contributed by atoms with E-state index in [-0.39, 0.29) is 18.1 Å². The van der Waals surface area contributed by atoms with Crippen LogP contribution in [0.1, 0.15) is 41.1 Å². The van der Waals surface area contributed by atoms with Crippen LogP contribution in [0.15, 0.2) is 12.1 Å². The zero-order valence-corrected chi connectivity index (χ0v) is 11.0. The van der Waals surface area contributed by atoms with Gasteiger partial charge in [-0.25, -0.2) is 0 Å². The Hall–Kier alpha value is -1.35. The van der Waals surface area contributed by atoms with Crippen molar-refractivity contribution in [3.8, 4) is 0 Å². The van der Waals surface area contributed by atoms with Gasteiger partial charge in [0.1, 0.15) is 6.10 Å². The number of aryl methyl sites for hydroxylation is 2. The van der Waals surface area contributed by atoms with Gasteiger partial charge in [0.2, 0.25) is 0 Å². The molecule has 0 unspecified atom stereocenters. The van der Waals surface area contributed by atoms with Gasteiger partial charge in [-0.15, -0.1) is 0 Å². The molecule has 2 atom stereocenters. The number of carbonyl (C=O) groups is 1. The van der Waals surface area contributed by atoms with Crippen molar-refractivity contribution in [1.29, 1.82) is 0 Å². The first-order chi connectivity index (χ1) is 8.65. The Morgan fingerprint density at radius 3 is 2.72 bits per heavy atom. The first kappa shape index (κ1) is 11.7. The average molecular weight is 245 g/mol. The van der Waals surface area contributed by atoms with Gasteiger partial charge in [0.15, 0.2) is 0 Å². The van der Waals surface area contributed by atoms with Crippen molar-refractivity contribution in [2.24, 2.45) is 0 Å². The molecule has 1 aromatic carbocycles. The van der Waals surface area contributed by atoms with Crippen LogP contribution in [0.4, 0.5) is 0 Å². The highest BCUT2D eigenvalue weighted by Gasteiger charge is 2.34. The molecule has 2 aliphatic heterocycles. The largest absolute Gasteiger partial charge is 0.460 e. The molecule has 2 heterocycles. The van der Waals surface area contributed by atoms with E-state index >= 15 is 0 Å². The van der Waals surface area contributed by atoms with Gasteiger partial charge in [-0.3, -0.25) is 4.79 Å². The minimum Gasteiger partial charge on any atom is -0.460 e. The topological polar surface area (TPSA) is 38.3 Å². The van der Waals surface area contributed by atoms with E-state index in [1.165, 1.54) is 22.3 Å². The fraction of sp³-hybridized carbons (Fsp3) is 0.533. The molecule has 3 rings (SSSR count). The minimum absolute atomic E-state index is 0.0126. The summed E-state index contributed by atoms with van der Waals surface area (Å²) < 4.78 is 5.43. The molecule has 0 radical (unpaired) electrons. The van der Waals surface area contributed by atoms with Crippen LogP contribution in [-0.4, -0.2) is 18.6 Å². The van der Waals surface area contributed by atoms with E-state index in [9.17, 15) is 4.79 Å². The van der Waals surface area contributed by atoms with E-state index in [1.54, 1.807) is 0 Å². The van der Waals surface area contributed by atoms with Gasteiger partial charge < -0.3 is 10.1 Å². The van der Waals surface area contributed by atoms with Crippen LogP contribution in [0.2, 0.25) is 0 Å². The monoisotopic (exact) mass is 245 g/mol. The highest BCUT2D eigenvalue weighted by Crippen LogP contribution is 2.33. The highest BCUT2D eigenvalue weighted by atomic mass is 16.5. The Kier molecular flexibility index (Phi) is 2.86. The molecule has 96 valence electrons. The normalized spacial score (nSPS) is 26.9. The second kappa shape index (κ2) is 4.39. The fourth-order valence-corrected chi connectivity index (χ4v) is 2.99. The van der Waals surface area contributed by atoms with Gasteiger partial charge in [-0.05, 0) is 55.5 Å². The van der Waals surface area contributed by atoms with Gasteiger partial charge in [-0.1, -0.05) is 12.1 Å². The quantitative estimate of drug-likeness (QED) is 0.771. The van der Waals surface area contributed by atoms with Crippen LogP contribution >= 0.6 is 0 Å². The number of esters is 1. The van der Waals surface area contributed by atoms with Gasteiger partial charge in [0.25, 0.3) is 0 Å². The molecule has 2 aliphatic rings. The molecular weight excluding hydrogens is 226 g/mol. The van der Waals surface area contributed by atoms with Gasteiger partial charge in [-0.2, -0.15) is 0 Å². The fourth-order valence-electron chi connectivity index (χ4n) is 2.99. The summed E-state index contributed by atoms with van der Waals surface area (Å²) in [5, 5.41) is 3.51. The Morgan fingerprint density at radius 2 is 2.00 bits per heavy atom. The third-order valence-corrected chi connectivity index (χ3v) is 4.14. The summed E-state index contributed by atoms with van der Waals surface area (Å²) in [5.74, 6) is -0.0576. The van der Waals surface area contributed by atoms with Crippen molar-refractivity contribution < 1.29 is 9.53 Å². The van der Waals surface area contributed by atoms with Crippen LogP contribution in [0.25, 0.3) is 0 Å². The van der Waals surface area contributed by atoms with E-state index in [4.69, 9.17) is 4.74 Å². The van der Waals surface area contributed by atoms with Crippen LogP contribution in [-0.2, 0) is 16.0 Å². The van der Waals surface area contributed by atoms with Gasteiger partial charge in [0, 0.05) is 6.42 Å². The number of benzene rings is 1. The standard InChI is InChI=1S/C15H19NO2/c1-9-7-11-5-6-16-15(12(11)8-10(9)2)13-3-4-14(17)18-13/h7-8,13,15-16H,3-6H2,1-2H3/t13-,15+/m0/s1. The van der Waals surface area contributed by atoms with E-state index in [2.05, 4.69) is 31.3 Å². The molecule has 0 aliphatic carbocycles. The zero-order valence-electron chi connectivity index (χ0n) is 11.0. The first-order valence-electron chi connectivity index (χ1n) is 6.68. The predicted molar refractivity (Wildman–Crippen MR) is 69.5 cm³/mol. The molecule has 1 N–H and O–H groups in total. The molecule has 0 spiro atoms. The number of hydrogen-bond donors (Lipinski definition) is 1. The summed E-state index contributed by atoms with van der Waals surface area (Å²) in [7, 11) is 0. The lowest BCUT2D eigenvalue weighted by Gasteiger charge is -2.31. The third kappa shape index (κ3) is 1.93. The van der Waals surface area contributed by atoms with Crippen LogP contribution in [0.5, 0.6) is 0 Å². The summed E-state index contributed by atoms with van der Waals surface area (Å²) in [6.07, 6.45) is 2.47. The Labute approximate surface area is 108 Å². The predicted octanol–water partition coefficient (Wildman–Crippen LogP) is 2.20. The molecule has 3 nitrogen and oxygen atoms in total. The summed E-state index contributed by atoms with van der Waals surface area (Å²) in [6, 6.07) is 4.72. The number of cyclic esters (lactones) is 1. The van der Waals surface area contributed by atoms with Crippen LogP contribution in [0.3, 0.4) is 0 Å². The van der Waals surface area contributed by atoms with Crippen molar-refractivity contribution in [2.45, 2.75) is 45.3 Å². The molecule has 0 bridgehead atoms. The number of carbonyl (C=O) groups excluding carboxylic acids is 1. The Bertz CT molecular complexity index is 496. The van der Waals surface area contributed by atoms with Crippen molar-refractivity contribution in [2.75, 3.05) is 6.54 Å². The van der Waals surface area contributed by atoms with Crippen LogP contribution < -0.4 is 5.32 Å². The summed E-state index contributed by atoms with van der Waals surface area (Å²) in [4.78, 5) is 11.3. The highest BCUT2D eigenvalue weighted by molar-refractivity contribution is 5.71. The lowest BCUT2D eigenvalue weighted by molar-refractivity contribution is -0.142. The SMILES string of the molecule is Cc1cc2c(cc1C)[C@H]([C@@H]1CCC(=O)O1)NCC2. The molecule has 0 amide bonds. The van der Waals surface area contributed by atoms with Crippen molar-refractivity contribution >= 4 is 5.97 Å². The van der Waals surface area contributed by atoms with Crippen molar-refractivity contribution in [3.05, 3.63) is 34.4 Å². The molecule has 1 saturated heterocycles. The molecule has 0 aromatic heterocycles. The molecule has 1 fully saturated rings. The second-order valence-corrected chi connectivity index (χ2v) is 5.38. The van der Waals surface area contributed by atoms with Gasteiger partial charge in [0.05, 0.1) is 6.04 Å². The number of fused-ring (bicyclic) bond motifs is 1. The summed E-state index contributed by atoms with van der Waals surface area (Å²) in [6.45, 7) is 5.26. The van der Waals surface area contributed by atoms with Crippen molar-refractivity contribution in [1.82, 2.24) is 5.32 Å². The second-order valence-electron chi connectivity index (χ2n) is 5.38. The maximum Gasteiger partial charge on any atom is 0.306 e. The molecule has 1 aromatic rings. The maximum absolute atomic E-state index is 11.3. The number of hydrogen-bond acceptors (Lipinski definition) is 3. The lowest BCUT2D eigenvalue weighted by atomic mass is 9.87. The van der Waals surface area contributed by atoms with E-state index in [0.717, 1.165) is 19.4 Å². The zero-order chi connectivity index (χ0) is 12.7. The van der Waals surface area contributed by atoms with E-state index < -0.39 is 0 Å². The summed E-state index contributed by atoms with van der Waals surface area (Å²) >= 11 is 0. The first-order valence-corrected chi connectivity index (χ1v) is 6.68. The van der Waals surface area contributed by atoms with Crippen molar-refractivity contribution in [3.63, 3.8) is 0 Å². The summed E-state index contributed by atoms with van der Waals surface area (Å²) in [5.41, 5.74) is 5.39. The Balaban J connectivity index is 1.96. The van der Waals surface area contributed by atoms with E-state index in [0.29, 0.717) is 6.42 Å². The molecule has 3 heteroatoms.